The van der Waals surface area contributed by atoms with Crippen molar-refractivity contribution in [1.82, 2.24) is 0 Å². The highest BCUT2D eigenvalue weighted by Crippen LogP contribution is 2.44. The van der Waals surface area contributed by atoms with Gasteiger partial charge in [0.25, 0.3) is 0 Å². The second-order valence-electron chi connectivity index (χ2n) is 3.79. The lowest BCUT2D eigenvalue weighted by molar-refractivity contribution is 0.0698. The maximum atomic E-state index is 12.0. The summed E-state index contributed by atoms with van der Waals surface area (Å²) in [6.45, 7) is 4.22. The zero-order valence-corrected chi connectivity index (χ0v) is 11.4. The van der Waals surface area contributed by atoms with Crippen molar-refractivity contribution >= 4 is 19.3 Å². The van der Waals surface area contributed by atoms with Crippen molar-refractivity contribution in [3.8, 4) is 0 Å². The summed E-state index contributed by atoms with van der Waals surface area (Å²) in [5.74, 6) is -0.988. The maximum absolute atomic E-state index is 12.0. The minimum atomic E-state index is -3.72. The molecule has 5 nitrogen and oxygen atoms in total. The van der Waals surface area contributed by atoms with Gasteiger partial charge in [0.1, 0.15) is 0 Å². The third-order valence-corrected chi connectivity index (χ3v) is 2.39. The zero-order valence-electron chi connectivity index (χ0n) is 10.5. The SMILES string of the molecule is CC(C)OP(C)(=O)F.Nc1ccccc1C(=O)O. The van der Waals surface area contributed by atoms with E-state index in [1.54, 1.807) is 32.0 Å². The molecule has 3 N–H and O–H groups in total. The summed E-state index contributed by atoms with van der Waals surface area (Å²) in [6, 6.07) is 6.36. The standard InChI is InChI=1S/C7H7NO2.C4H10FO2P/c8-6-4-2-1-3-5(6)7(9)10;1-4(2)7-8(3,5)6/h1-4H,8H2,(H,9,10);4H,1-3H3. The Morgan fingerprint density at radius 2 is 1.94 bits per heavy atom. The number of hydrogen-bond acceptors (Lipinski definition) is 4. The Morgan fingerprint density at radius 3 is 2.17 bits per heavy atom. The Hall–Kier alpha value is -1.39. The summed E-state index contributed by atoms with van der Waals surface area (Å²) in [4.78, 5) is 10.3. The van der Waals surface area contributed by atoms with Crippen LogP contribution >= 0.6 is 7.68 Å². The van der Waals surface area contributed by atoms with Crippen LogP contribution in [0.4, 0.5) is 9.88 Å². The molecule has 0 amide bonds. The van der Waals surface area contributed by atoms with E-state index < -0.39 is 13.6 Å². The van der Waals surface area contributed by atoms with Gasteiger partial charge >= 0.3 is 13.6 Å². The van der Waals surface area contributed by atoms with Gasteiger partial charge in [-0.2, -0.15) is 4.20 Å². The van der Waals surface area contributed by atoms with Crippen LogP contribution in [0.15, 0.2) is 24.3 Å². The van der Waals surface area contributed by atoms with Crippen LogP contribution in [-0.4, -0.2) is 23.8 Å². The van der Waals surface area contributed by atoms with Crippen molar-refractivity contribution in [1.29, 1.82) is 0 Å². The molecule has 0 heterocycles. The second kappa shape index (κ2) is 7.13. The molecule has 0 aliphatic carbocycles. The van der Waals surface area contributed by atoms with Gasteiger partial charge in [-0.1, -0.05) is 12.1 Å². The number of carbonyl (C=O) groups is 1. The Balaban J connectivity index is 0.000000331. The summed E-state index contributed by atoms with van der Waals surface area (Å²) in [5, 5.41) is 8.49. The van der Waals surface area contributed by atoms with E-state index in [2.05, 4.69) is 4.52 Å². The van der Waals surface area contributed by atoms with Gasteiger partial charge in [-0.15, -0.1) is 0 Å². The predicted octanol–water partition coefficient (Wildman–Crippen LogP) is 3.17. The number of carboxylic acids is 1. The van der Waals surface area contributed by atoms with Crippen LogP contribution < -0.4 is 5.73 Å². The maximum Gasteiger partial charge on any atom is 0.364 e. The van der Waals surface area contributed by atoms with Gasteiger partial charge in [0, 0.05) is 12.4 Å². The number of nitrogens with two attached hydrogens (primary N) is 1. The van der Waals surface area contributed by atoms with Crippen molar-refractivity contribution in [2.24, 2.45) is 0 Å². The van der Waals surface area contributed by atoms with E-state index in [9.17, 15) is 13.6 Å². The lowest BCUT2D eigenvalue weighted by atomic mass is 10.2. The third kappa shape index (κ3) is 7.81. The van der Waals surface area contributed by atoms with E-state index in [-0.39, 0.29) is 11.7 Å². The first-order valence-corrected chi connectivity index (χ1v) is 7.13. The van der Waals surface area contributed by atoms with E-state index in [4.69, 9.17) is 10.8 Å². The number of anilines is 1. The molecule has 7 heteroatoms. The van der Waals surface area contributed by atoms with Crippen molar-refractivity contribution in [3.63, 3.8) is 0 Å². The molecule has 0 aliphatic rings. The largest absolute Gasteiger partial charge is 0.478 e. The van der Waals surface area contributed by atoms with Gasteiger partial charge < -0.3 is 15.4 Å². The van der Waals surface area contributed by atoms with Crippen molar-refractivity contribution in [3.05, 3.63) is 29.8 Å². The van der Waals surface area contributed by atoms with E-state index >= 15 is 0 Å². The highest BCUT2D eigenvalue weighted by Gasteiger charge is 2.13. The fourth-order valence-electron chi connectivity index (χ4n) is 1.07. The average Bonchev–Trinajstić information content (AvgIpc) is 2.14. The molecular formula is C11H17FNO4P. The van der Waals surface area contributed by atoms with E-state index in [1.807, 2.05) is 0 Å². The number of para-hydroxylation sites is 1. The smallest absolute Gasteiger partial charge is 0.364 e. The molecule has 18 heavy (non-hydrogen) atoms. The minimum Gasteiger partial charge on any atom is -0.478 e. The average molecular weight is 277 g/mol. The fraction of sp³-hybridized carbons (Fsp3) is 0.364. The molecule has 0 bridgehead atoms. The number of hydrogen-bond donors (Lipinski definition) is 2. The molecule has 0 aromatic heterocycles. The molecular weight excluding hydrogens is 260 g/mol. The van der Waals surface area contributed by atoms with E-state index in [0.29, 0.717) is 5.69 Å². The molecule has 1 unspecified atom stereocenters. The first-order chi connectivity index (χ1) is 8.13. The second-order valence-corrected chi connectivity index (χ2v) is 5.50. The van der Waals surface area contributed by atoms with E-state index in [1.165, 1.54) is 6.07 Å². The number of aromatic carboxylic acids is 1. The van der Waals surface area contributed by atoms with E-state index in [0.717, 1.165) is 6.66 Å². The molecule has 0 spiro atoms. The first kappa shape index (κ1) is 16.6. The zero-order chi connectivity index (χ0) is 14.3. The quantitative estimate of drug-likeness (QED) is 0.654. The van der Waals surface area contributed by atoms with Crippen LogP contribution in [0.3, 0.4) is 0 Å². The number of nitrogen functional groups attached to an aromatic ring is 1. The molecule has 0 fully saturated rings. The number of halogens is 1. The van der Waals surface area contributed by atoms with Crippen molar-refractivity contribution in [2.75, 3.05) is 12.4 Å². The van der Waals surface area contributed by atoms with Gasteiger partial charge in [-0.05, 0) is 26.0 Å². The first-order valence-electron chi connectivity index (χ1n) is 5.17. The topological polar surface area (TPSA) is 89.6 Å². The summed E-state index contributed by atoms with van der Waals surface area (Å²) in [5.41, 5.74) is 5.80. The number of carboxylic acid groups (broad SMARTS) is 1. The monoisotopic (exact) mass is 277 g/mol. The van der Waals surface area contributed by atoms with Crippen molar-refractivity contribution < 1.29 is 23.2 Å². The van der Waals surface area contributed by atoms with Crippen LogP contribution in [0, 0.1) is 0 Å². The van der Waals surface area contributed by atoms with Gasteiger partial charge in [0.15, 0.2) is 0 Å². The van der Waals surface area contributed by atoms with Gasteiger partial charge in [-0.3, -0.25) is 4.57 Å². The number of rotatable bonds is 3. The molecule has 0 aliphatic heterocycles. The summed E-state index contributed by atoms with van der Waals surface area (Å²) < 4.78 is 26.4. The molecule has 1 rings (SSSR count). The molecule has 0 saturated carbocycles. The Morgan fingerprint density at radius 1 is 1.44 bits per heavy atom. The molecule has 0 saturated heterocycles. The summed E-state index contributed by atoms with van der Waals surface area (Å²) >= 11 is 0. The van der Waals surface area contributed by atoms with Crippen LogP contribution in [0.5, 0.6) is 0 Å². The summed E-state index contributed by atoms with van der Waals surface area (Å²) in [7, 11) is -3.72. The molecule has 0 radical (unpaired) electrons. The van der Waals surface area contributed by atoms with Crippen LogP contribution in [0.25, 0.3) is 0 Å². The lowest BCUT2D eigenvalue weighted by Crippen LogP contribution is -2.00. The van der Waals surface area contributed by atoms with Gasteiger partial charge in [-0.25, -0.2) is 4.79 Å². The van der Waals surface area contributed by atoms with Crippen LogP contribution in [-0.2, 0) is 9.09 Å². The van der Waals surface area contributed by atoms with Crippen LogP contribution in [0.2, 0.25) is 0 Å². The molecule has 1 atom stereocenters. The normalized spacial score (nSPS) is 13.4. The number of benzene rings is 1. The fourth-order valence-corrected chi connectivity index (χ4v) is 1.82. The molecule has 1 aromatic carbocycles. The lowest BCUT2D eigenvalue weighted by Gasteiger charge is -2.06. The van der Waals surface area contributed by atoms with Gasteiger partial charge in [0.05, 0.1) is 11.7 Å². The summed E-state index contributed by atoms with van der Waals surface area (Å²) in [6.07, 6.45) is -0.296. The predicted molar refractivity (Wildman–Crippen MR) is 68.7 cm³/mol. The molecule has 102 valence electrons. The Kier molecular flexibility index (Phi) is 6.58. The van der Waals surface area contributed by atoms with Crippen LogP contribution in [0.1, 0.15) is 24.2 Å². The highest BCUT2D eigenvalue weighted by molar-refractivity contribution is 7.52. The Labute approximate surface area is 105 Å². The van der Waals surface area contributed by atoms with Crippen molar-refractivity contribution in [2.45, 2.75) is 20.0 Å². The highest BCUT2D eigenvalue weighted by atomic mass is 31.2. The minimum absolute atomic E-state index is 0.155. The molecule has 1 aromatic rings. The Bertz CT molecular complexity index is 444. The van der Waals surface area contributed by atoms with Gasteiger partial charge in [0.2, 0.25) is 0 Å². The third-order valence-electron chi connectivity index (χ3n) is 1.59.